The molecule has 0 aliphatic carbocycles. The van der Waals surface area contributed by atoms with Gasteiger partial charge >= 0.3 is 17.9 Å². The van der Waals surface area contributed by atoms with E-state index in [1.54, 1.807) is 55.4 Å². The zero-order valence-corrected chi connectivity index (χ0v) is 33.3. The van der Waals surface area contributed by atoms with Gasteiger partial charge < -0.3 is 32.9 Å². The van der Waals surface area contributed by atoms with Gasteiger partial charge in [0.15, 0.2) is 0 Å². The van der Waals surface area contributed by atoms with Crippen molar-refractivity contribution in [3.8, 4) is 0 Å². The topological polar surface area (TPSA) is 178 Å². The molecule has 0 aromatic rings. The minimum absolute atomic E-state index is 0.0240. The van der Waals surface area contributed by atoms with Crippen molar-refractivity contribution in [3.05, 3.63) is 0 Å². The molecule has 0 saturated carbocycles. The summed E-state index contributed by atoms with van der Waals surface area (Å²) in [6, 6.07) is 0. The number of aliphatic hydroxyl groups is 1. The summed E-state index contributed by atoms with van der Waals surface area (Å²) >= 11 is 1.48. The van der Waals surface area contributed by atoms with Gasteiger partial charge in [0.1, 0.15) is 6.35 Å². The average Bonchev–Trinajstić information content (AvgIpc) is 2.98. The first-order chi connectivity index (χ1) is 21.5. The lowest BCUT2D eigenvalue weighted by Crippen LogP contribution is -2.19. The van der Waals surface area contributed by atoms with E-state index in [9.17, 15) is 28.1 Å². The van der Waals surface area contributed by atoms with Crippen molar-refractivity contribution in [1.29, 1.82) is 0 Å². The van der Waals surface area contributed by atoms with E-state index in [-0.39, 0.29) is 48.9 Å². The number of hydrogen-bond donors (Lipinski definition) is 1. The quantitative estimate of drug-likeness (QED) is 0.0696. The van der Waals surface area contributed by atoms with Crippen molar-refractivity contribution in [1.82, 2.24) is 0 Å². The minimum atomic E-state index is -3.08. The van der Waals surface area contributed by atoms with E-state index >= 15 is 0 Å². The summed E-state index contributed by atoms with van der Waals surface area (Å²) in [6.45, 7) is 19.5. The zero-order chi connectivity index (χ0) is 36.4. The summed E-state index contributed by atoms with van der Waals surface area (Å²) in [5.74, 6) is -2.26. The third kappa shape index (κ3) is 23.6. The monoisotopic (exact) mass is 742 g/mol. The van der Waals surface area contributed by atoms with Crippen LogP contribution in [0.2, 0.25) is 0 Å². The van der Waals surface area contributed by atoms with Crippen LogP contribution in [0.3, 0.4) is 0 Å². The number of esters is 3. The van der Waals surface area contributed by atoms with Gasteiger partial charge in [-0.1, -0.05) is 27.7 Å². The van der Waals surface area contributed by atoms with Crippen molar-refractivity contribution >= 4 is 51.8 Å². The second kappa shape index (κ2) is 28.2. The van der Waals surface area contributed by atoms with E-state index in [0.717, 1.165) is 0 Å². The Morgan fingerprint density at radius 2 is 0.870 bits per heavy atom. The number of carbonyl (C=O) groups excluding carboxylic acids is 3. The fourth-order valence-electron chi connectivity index (χ4n) is 3.80. The van der Waals surface area contributed by atoms with Gasteiger partial charge in [0.2, 0.25) is 22.1 Å². The summed E-state index contributed by atoms with van der Waals surface area (Å²) < 4.78 is 66.2. The van der Waals surface area contributed by atoms with Gasteiger partial charge in [-0.15, -0.1) is 0 Å². The van der Waals surface area contributed by atoms with Crippen molar-refractivity contribution in [2.75, 3.05) is 82.4 Å². The minimum Gasteiger partial charge on any atom is -0.466 e. The Bertz CT molecular complexity index is 920. The maximum atomic E-state index is 12.3. The molecule has 276 valence electrons. The Labute approximate surface area is 281 Å². The molecule has 0 spiro atoms. The number of ether oxygens (including phenoxy) is 3. The Balaban J connectivity index is -0.000000603. The summed E-state index contributed by atoms with van der Waals surface area (Å²) in [5, 5.41) is 8.94. The van der Waals surface area contributed by atoms with E-state index in [2.05, 4.69) is 0 Å². The van der Waals surface area contributed by atoms with Gasteiger partial charge in [0, 0.05) is 24.6 Å². The highest BCUT2D eigenvalue weighted by molar-refractivity contribution is 8.04. The van der Waals surface area contributed by atoms with Gasteiger partial charge in [-0.2, -0.15) is 11.8 Å². The Morgan fingerprint density at radius 3 is 1.15 bits per heavy atom. The SMILES string of the molecule is CCOC(=O)C(C)CP(=O)(CC)OCC.CCOC(=O)C(C)CP(=O)(CO)OCC.CCOC(=O)C(C)CP(=O)(CSC)OCC. The lowest BCUT2D eigenvalue weighted by Gasteiger charge is -2.19. The van der Waals surface area contributed by atoms with Crippen LogP contribution in [0, 0.1) is 17.8 Å². The summed E-state index contributed by atoms with van der Waals surface area (Å²) in [6.07, 6.45) is 2.36. The number of hydrogen-bond acceptors (Lipinski definition) is 14. The second-order valence-corrected chi connectivity index (χ2v) is 19.4. The molecule has 0 aliphatic heterocycles. The second-order valence-electron chi connectivity index (χ2n) is 10.1. The molecular formula is C29H61O13P3S. The molecule has 0 bridgehead atoms. The molecule has 1 N–H and O–H groups in total. The first-order valence-electron chi connectivity index (χ1n) is 15.7. The molecule has 0 aromatic heterocycles. The number of thioether (sulfide) groups is 1. The van der Waals surface area contributed by atoms with Gasteiger partial charge in [-0.3, -0.25) is 28.1 Å². The molecule has 46 heavy (non-hydrogen) atoms. The molecule has 0 radical (unpaired) electrons. The van der Waals surface area contributed by atoms with Crippen molar-refractivity contribution in [3.63, 3.8) is 0 Å². The van der Waals surface area contributed by atoms with E-state index in [1.165, 1.54) is 11.8 Å². The molecular weight excluding hydrogens is 681 g/mol. The third-order valence-electron chi connectivity index (χ3n) is 5.84. The molecule has 0 fully saturated rings. The highest BCUT2D eigenvalue weighted by Crippen LogP contribution is 2.51. The zero-order valence-electron chi connectivity index (χ0n) is 29.8. The molecule has 0 heterocycles. The van der Waals surface area contributed by atoms with Crippen LogP contribution < -0.4 is 0 Å². The van der Waals surface area contributed by atoms with E-state index in [0.29, 0.717) is 44.7 Å². The molecule has 0 rings (SSSR count). The largest absolute Gasteiger partial charge is 0.466 e. The summed E-state index contributed by atoms with van der Waals surface area (Å²) in [7, 11) is -8.40. The first kappa shape index (κ1) is 49.7. The van der Waals surface area contributed by atoms with Crippen LogP contribution >= 0.6 is 33.9 Å². The molecule has 13 nitrogen and oxygen atoms in total. The third-order valence-corrected chi connectivity index (χ3v) is 15.3. The molecule has 0 saturated heterocycles. The number of carbonyl (C=O) groups is 3. The molecule has 17 heteroatoms. The van der Waals surface area contributed by atoms with Crippen LogP contribution in [0.15, 0.2) is 0 Å². The van der Waals surface area contributed by atoms with Crippen LogP contribution in [-0.4, -0.2) is 105 Å². The molecule has 0 amide bonds. The lowest BCUT2D eigenvalue weighted by atomic mass is 10.2. The van der Waals surface area contributed by atoms with E-state index in [4.69, 9.17) is 32.9 Å². The smallest absolute Gasteiger partial charge is 0.309 e. The predicted molar refractivity (Wildman–Crippen MR) is 186 cm³/mol. The van der Waals surface area contributed by atoms with Crippen LogP contribution in [0.5, 0.6) is 0 Å². The highest BCUT2D eigenvalue weighted by Gasteiger charge is 2.30. The van der Waals surface area contributed by atoms with Crippen LogP contribution in [0.25, 0.3) is 0 Å². The first-order valence-corrected chi connectivity index (χ1v) is 23.1. The maximum absolute atomic E-state index is 12.3. The predicted octanol–water partition coefficient (Wildman–Crippen LogP) is 6.79. The Morgan fingerprint density at radius 1 is 0.565 bits per heavy atom. The van der Waals surface area contributed by atoms with Crippen LogP contribution in [0.4, 0.5) is 0 Å². The van der Waals surface area contributed by atoms with Gasteiger partial charge in [0.05, 0.1) is 62.9 Å². The van der Waals surface area contributed by atoms with E-state index < -0.39 is 40.3 Å². The summed E-state index contributed by atoms with van der Waals surface area (Å²) in [5.41, 5.74) is 0.449. The maximum Gasteiger partial charge on any atom is 0.309 e. The van der Waals surface area contributed by atoms with Crippen LogP contribution in [-0.2, 0) is 55.9 Å². The standard InChI is InChI=1S/C10H21O4PS.C10H21O4P.C9H19O5P/c1-5-13-10(11)9(3)7-15(12,8-16-4)14-6-2;1-5-13-10(11)9(4)8-15(12,7-3)14-6-2;1-4-13-9(11)8(3)6-15(12,7-10)14-5-2/h9H,5-8H2,1-4H3;9H,5-8H2,1-4H3;8,10H,4-7H2,1-3H3. The fraction of sp³-hybridized carbons (Fsp3) is 0.897. The lowest BCUT2D eigenvalue weighted by molar-refractivity contribution is -0.147. The Hall–Kier alpha value is -0.710. The van der Waals surface area contributed by atoms with Crippen molar-refractivity contribution < 1.29 is 61.0 Å². The average molecular weight is 743 g/mol. The fourth-order valence-corrected chi connectivity index (χ4v) is 11.4. The molecule has 6 unspecified atom stereocenters. The number of rotatable bonds is 22. The number of aliphatic hydroxyl groups excluding tert-OH is 1. The van der Waals surface area contributed by atoms with Gasteiger partial charge in [-0.25, -0.2) is 0 Å². The molecule has 0 aromatic carbocycles. The molecule has 6 atom stereocenters. The van der Waals surface area contributed by atoms with Crippen LogP contribution in [0.1, 0.15) is 69.2 Å². The van der Waals surface area contributed by atoms with Crippen molar-refractivity contribution in [2.45, 2.75) is 69.2 Å². The summed E-state index contributed by atoms with van der Waals surface area (Å²) in [4.78, 5) is 34.0. The normalized spacial score (nSPS) is 16.7. The van der Waals surface area contributed by atoms with E-state index in [1.807, 2.05) is 20.1 Å². The van der Waals surface area contributed by atoms with Gasteiger partial charge in [0.25, 0.3) is 0 Å². The van der Waals surface area contributed by atoms with Crippen molar-refractivity contribution in [2.24, 2.45) is 17.8 Å². The highest BCUT2D eigenvalue weighted by atomic mass is 32.2. The Kier molecular flexibility index (Phi) is 30.4. The molecule has 0 aliphatic rings. The van der Waals surface area contributed by atoms with Gasteiger partial charge in [-0.05, 0) is 47.8 Å².